The number of benzene rings is 1. The fourth-order valence-electron chi connectivity index (χ4n) is 3.26. The minimum Gasteiger partial charge on any atom is -0.353 e. The van der Waals surface area contributed by atoms with Crippen LogP contribution >= 0.6 is 0 Å². The van der Waals surface area contributed by atoms with E-state index in [0.717, 1.165) is 11.2 Å². The van der Waals surface area contributed by atoms with Gasteiger partial charge in [-0.2, -0.15) is 0 Å². The van der Waals surface area contributed by atoms with Crippen LogP contribution in [0.25, 0.3) is 10.9 Å². The summed E-state index contributed by atoms with van der Waals surface area (Å²) in [5.74, 6) is 1.24. The van der Waals surface area contributed by atoms with Crippen LogP contribution < -0.4 is 9.80 Å². The summed E-state index contributed by atoms with van der Waals surface area (Å²) in [6.07, 6.45) is -1.20. The summed E-state index contributed by atoms with van der Waals surface area (Å²) in [6.45, 7) is 4.09. The van der Waals surface area contributed by atoms with Gasteiger partial charge in [-0.05, 0) is 19.1 Å². The molecule has 140 valence electrons. The number of aromatic nitrogens is 4. The Bertz CT molecular complexity index is 972. The molecule has 27 heavy (non-hydrogen) atoms. The summed E-state index contributed by atoms with van der Waals surface area (Å²) in [5, 5.41) is 0.783. The molecule has 9 heteroatoms. The van der Waals surface area contributed by atoms with E-state index in [-0.39, 0.29) is 11.5 Å². The maximum Gasteiger partial charge on any atom is 0.280 e. The summed E-state index contributed by atoms with van der Waals surface area (Å²) >= 11 is 0. The van der Waals surface area contributed by atoms with Gasteiger partial charge in [-0.25, -0.2) is 33.1 Å². The Labute approximate surface area is 153 Å². The summed E-state index contributed by atoms with van der Waals surface area (Å²) in [4.78, 5) is 20.6. The third-order valence-electron chi connectivity index (χ3n) is 4.55. The van der Waals surface area contributed by atoms with Crippen molar-refractivity contribution in [3.63, 3.8) is 0 Å². The number of rotatable bonds is 3. The normalized spacial score (nSPS) is 15.0. The molecule has 4 rings (SSSR count). The standard InChI is InChI=1S/C18H17F3N6/c1-11-24-15(17(20)21)9-16(25-11)26-4-6-27(7-5-26)18-13-3-2-12(19)8-14(13)22-10-23-18/h2-3,8-10,17H,4-7H2,1H3. The lowest BCUT2D eigenvalue weighted by molar-refractivity contribution is 0.145. The molecule has 0 aliphatic carbocycles. The third kappa shape index (κ3) is 3.49. The van der Waals surface area contributed by atoms with Crippen molar-refractivity contribution in [3.8, 4) is 0 Å². The van der Waals surface area contributed by atoms with Gasteiger partial charge in [0.05, 0.1) is 5.52 Å². The van der Waals surface area contributed by atoms with Crippen molar-refractivity contribution < 1.29 is 13.2 Å². The maximum atomic E-state index is 13.4. The van der Waals surface area contributed by atoms with E-state index in [0.29, 0.717) is 43.3 Å². The SMILES string of the molecule is Cc1nc(C(F)F)cc(N2CCN(c3ncnc4cc(F)ccc34)CC2)n1. The van der Waals surface area contributed by atoms with Crippen molar-refractivity contribution in [3.05, 3.63) is 47.9 Å². The van der Waals surface area contributed by atoms with Crippen molar-refractivity contribution in [1.29, 1.82) is 0 Å². The molecule has 1 fully saturated rings. The Kier molecular flexibility index (Phi) is 4.51. The minimum atomic E-state index is -2.63. The van der Waals surface area contributed by atoms with Gasteiger partial charge in [-0.1, -0.05) is 0 Å². The van der Waals surface area contributed by atoms with E-state index >= 15 is 0 Å². The molecule has 3 heterocycles. The molecule has 0 unspecified atom stereocenters. The third-order valence-corrected chi connectivity index (χ3v) is 4.55. The number of aryl methyl sites for hydroxylation is 1. The monoisotopic (exact) mass is 374 g/mol. The highest BCUT2D eigenvalue weighted by Crippen LogP contribution is 2.26. The number of halogens is 3. The van der Waals surface area contributed by atoms with Gasteiger partial charge in [0.2, 0.25) is 0 Å². The van der Waals surface area contributed by atoms with Crippen molar-refractivity contribution in [2.24, 2.45) is 0 Å². The zero-order valence-corrected chi connectivity index (χ0v) is 14.6. The number of nitrogens with zero attached hydrogens (tertiary/aromatic N) is 6. The largest absolute Gasteiger partial charge is 0.353 e. The van der Waals surface area contributed by atoms with E-state index in [1.807, 2.05) is 4.90 Å². The molecular weight excluding hydrogens is 357 g/mol. The maximum absolute atomic E-state index is 13.4. The summed E-state index contributed by atoms with van der Waals surface area (Å²) in [6, 6.07) is 5.79. The van der Waals surface area contributed by atoms with Gasteiger partial charge in [-0.3, -0.25) is 0 Å². The van der Waals surface area contributed by atoms with E-state index in [1.54, 1.807) is 13.0 Å². The molecule has 0 bridgehead atoms. The van der Waals surface area contributed by atoms with Crippen LogP contribution in [0.1, 0.15) is 17.9 Å². The lowest BCUT2D eigenvalue weighted by atomic mass is 10.2. The van der Waals surface area contributed by atoms with Gasteiger partial charge in [-0.15, -0.1) is 0 Å². The molecule has 2 aromatic heterocycles. The minimum absolute atomic E-state index is 0.260. The average molecular weight is 374 g/mol. The highest BCUT2D eigenvalue weighted by atomic mass is 19.3. The van der Waals surface area contributed by atoms with Crippen LogP contribution in [0.5, 0.6) is 0 Å². The van der Waals surface area contributed by atoms with E-state index in [9.17, 15) is 13.2 Å². The lowest BCUT2D eigenvalue weighted by Gasteiger charge is -2.36. The zero-order chi connectivity index (χ0) is 19.0. The predicted molar refractivity (Wildman–Crippen MR) is 95.6 cm³/mol. The molecule has 1 aromatic carbocycles. The van der Waals surface area contributed by atoms with Crippen LogP contribution in [0.4, 0.5) is 24.8 Å². The number of hydrogen-bond donors (Lipinski definition) is 0. The molecule has 0 amide bonds. The van der Waals surface area contributed by atoms with Crippen molar-refractivity contribution in [2.75, 3.05) is 36.0 Å². The Morgan fingerprint density at radius 3 is 2.44 bits per heavy atom. The fourth-order valence-corrected chi connectivity index (χ4v) is 3.26. The Morgan fingerprint density at radius 2 is 1.70 bits per heavy atom. The quantitative estimate of drug-likeness (QED) is 0.702. The average Bonchev–Trinajstić information content (AvgIpc) is 2.67. The number of fused-ring (bicyclic) bond motifs is 1. The molecule has 1 saturated heterocycles. The first-order valence-corrected chi connectivity index (χ1v) is 8.55. The highest BCUT2D eigenvalue weighted by Gasteiger charge is 2.22. The topological polar surface area (TPSA) is 58.0 Å². The zero-order valence-electron chi connectivity index (χ0n) is 14.6. The molecule has 0 spiro atoms. The van der Waals surface area contributed by atoms with Crippen LogP contribution in [-0.4, -0.2) is 46.1 Å². The van der Waals surface area contributed by atoms with Gasteiger partial charge < -0.3 is 9.80 Å². The fraction of sp³-hybridized carbons (Fsp3) is 0.333. The molecule has 1 aliphatic heterocycles. The van der Waals surface area contributed by atoms with Gasteiger partial charge in [0, 0.05) is 43.7 Å². The first-order chi connectivity index (χ1) is 13.0. The van der Waals surface area contributed by atoms with Crippen LogP contribution in [0.2, 0.25) is 0 Å². The van der Waals surface area contributed by atoms with Crippen LogP contribution in [0, 0.1) is 12.7 Å². The van der Waals surface area contributed by atoms with Crippen molar-refractivity contribution in [1.82, 2.24) is 19.9 Å². The smallest absolute Gasteiger partial charge is 0.280 e. The summed E-state index contributed by atoms with van der Waals surface area (Å²) in [7, 11) is 0. The van der Waals surface area contributed by atoms with Crippen LogP contribution in [-0.2, 0) is 0 Å². The Hall–Kier alpha value is -2.97. The Morgan fingerprint density at radius 1 is 0.963 bits per heavy atom. The first kappa shape index (κ1) is 17.4. The van der Waals surface area contributed by atoms with E-state index in [2.05, 4.69) is 24.8 Å². The second kappa shape index (κ2) is 6.98. The molecule has 3 aromatic rings. The Balaban J connectivity index is 1.55. The first-order valence-electron chi connectivity index (χ1n) is 8.55. The van der Waals surface area contributed by atoms with Gasteiger partial charge in [0.25, 0.3) is 6.43 Å². The van der Waals surface area contributed by atoms with E-state index in [1.165, 1.54) is 24.5 Å². The molecule has 0 atom stereocenters. The van der Waals surface area contributed by atoms with E-state index < -0.39 is 6.43 Å². The number of anilines is 2. The predicted octanol–water partition coefficient (Wildman–Crippen LogP) is 3.13. The van der Waals surface area contributed by atoms with Crippen molar-refractivity contribution >= 4 is 22.5 Å². The number of hydrogen-bond acceptors (Lipinski definition) is 6. The van der Waals surface area contributed by atoms with Gasteiger partial charge >= 0.3 is 0 Å². The van der Waals surface area contributed by atoms with E-state index in [4.69, 9.17) is 0 Å². The summed E-state index contributed by atoms with van der Waals surface area (Å²) < 4.78 is 39.4. The highest BCUT2D eigenvalue weighted by molar-refractivity contribution is 5.89. The van der Waals surface area contributed by atoms with Gasteiger partial charge in [0.15, 0.2) is 0 Å². The lowest BCUT2D eigenvalue weighted by Crippen LogP contribution is -2.47. The number of piperazine rings is 1. The van der Waals surface area contributed by atoms with Gasteiger partial charge in [0.1, 0.15) is 35.3 Å². The molecule has 0 saturated carbocycles. The van der Waals surface area contributed by atoms with Crippen LogP contribution in [0.3, 0.4) is 0 Å². The molecule has 1 aliphatic rings. The van der Waals surface area contributed by atoms with Crippen LogP contribution in [0.15, 0.2) is 30.6 Å². The molecule has 6 nitrogen and oxygen atoms in total. The number of alkyl halides is 2. The van der Waals surface area contributed by atoms with Crippen molar-refractivity contribution in [2.45, 2.75) is 13.3 Å². The molecule has 0 N–H and O–H groups in total. The molecular formula is C18H17F3N6. The second-order valence-corrected chi connectivity index (χ2v) is 6.33. The second-order valence-electron chi connectivity index (χ2n) is 6.33. The summed E-state index contributed by atoms with van der Waals surface area (Å²) in [5.41, 5.74) is 0.291. The molecule has 0 radical (unpaired) electrons.